The number of hydrogen-bond donors (Lipinski definition) is 1. The fourth-order valence-corrected chi connectivity index (χ4v) is 2.43. The molecule has 2 aromatic rings. The van der Waals surface area contributed by atoms with E-state index in [1.165, 1.54) is 17.0 Å². The Labute approximate surface area is 104 Å². The van der Waals surface area contributed by atoms with Gasteiger partial charge >= 0.3 is 0 Å². The highest BCUT2D eigenvalue weighted by Gasteiger charge is 2.06. The van der Waals surface area contributed by atoms with Crippen LogP contribution in [-0.2, 0) is 13.2 Å². The van der Waals surface area contributed by atoms with Crippen LogP contribution in [0.2, 0.25) is 0 Å². The maximum Gasteiger partial charge on any atom is 0.125 e. The van der Waals surface area contributed by atoms with Crippen molar-refractivity contribution in [2.75, 3.05) is 11.9 Å². The largest absolute Gasteiger partial charge is 0.392 e. The van der Waals surface area contributed by atoms with Gasteiger partial charge in [-0.1, -0.05) is 6.07 Å². The smallest absolute Gasteiger partial charge is 0.125 e. The number of anilines is 1. The number of thiophene rings is 1. The molecule has 2 rings (SSSR count). The molecule has 0 unspecified atom stereocenters. The minimum atomic E-state index is -0.315. The topological polar surface area (TPSA) is 23.5 Å². The molecule has 1 aromatic carbocycles. The lowest BCUT2D eigenvalue weighted by Crippen LogP contribution is -2.16. The second-order valence-corrected chi connectivity index (χ2v) is 4.94. The summed E-state index contributed by atoms with van der Waals surface area (Å²) in [4.78, 5) is 3.19. The zero-order valence-corrected chi connectivity index (χ0v) is 10.4. The maximum absolute atomic E-state index is 13.3. The lowest BCUT2D eigenvalue weighted by Gasteiger charge is -2.19. The van der Waals surface area contributed by atoms with E-state index in [9.17, 15) is 4.39 Å². The predicted octanol–water partition coefficient (Wildman–Crippen LogP) is 3.02. The van der Waals surface area contributed by atoms with Crippen LogP contribution in [0.1, 0.15) is 10.4 Å². The normalized spacial score (nSPS) is 10.5. The molecule has 17 heavy (non-hydrogen) atoms. The molecule has 90 valence electrons. The molecule has 1 heterocycles. The average molecular weight is 251 g/mol. The monoisotopic (exact) mass is 251 g/mol. The molecule has 0 amide bonds. The summed E-state index contributed by atoms with van der Waals surface area (Å²) in [6.07, 6.45) is 0. The number of hydrogen-bond acceptors (Lipinski definition) is 3. The molecular formula is C13H14FNOS. The molecule has 0 saturated carbocycles. The van der Waals surface area contributed by atoms with E-state index in [-0.39, 0.29) is 12.4 Å². The molecule has 1 N–H and O–H groups in total. The third-order valence-electron chi connectivity index (χ3n) is 2.54. The van der Waals surface area contributed by atoms with Gasteiger partial charge in [0.1, 0.15) is 5.82 Å². The van der Waals surface area contributed by atoms with Crippen molar-refractivity contribution < 1.29 is 9.50 Å². The quantitative estimate of drug-likeness (QED) is 0.903. The molecule has 4 heteroatoms. The molecule has 0 atom stereocenters. The van der Waals surface area contributed by atoms with Gasteiger partial charge in [-0.3, -0.25) is 0 Å². The first kappa shape index (κ1) is 12.1. The van der Waals surface area contributed by atoms with Gasteiger partial charge in [-0.15, -0.1) is 11.3 Å². The number of benzene rings is 1. The standard InChI is InChI=1S/C13H14FNOS/c1-15(8-13-3-2-4-17-13)12-6-10(9-16)5-11(14)7-12/h2-7,16H,8-9H2,1H3. The van der Waals surface area contributed by atoms with E-state index >= 15 is 0 Å². The van der Waals surface area contributed by atoms with E-state index in [0.29, 0.717) is 5.56 Å². The Hall–Kier alpha value is -1.39. The lowest BCUT2D eigenvalue weighted by molar-refractivity contribution is 0.281. The highest BCUT2D eigenvalue weighted by molar-refractivity contribution is 7.09. The van der Waals surface area contributed by atoms with Crippen LogP contribution in [0.4, 0.5) is 10.1 Å². The Morgan fingerprint density at radius 1 is 1.35 bits per heavy atom. The Kier molecular flexibility index (Phi) is 3.76. The van der Waals surface area contributed by atoms with Crippen LogP contribution >= 0.6 is 11.3 Å². The van der Waals surface area contributed by atoms with Crippen molar-refractivity contribution in [3.63, 3.8) is 0 Å². The average Bonchev–Trinajstić information content (AvgIpc) is 2.81. The molecule has 0 saturated heterocycles. The molecule has 0 radical (unpaired) electrons. The SMILES string of the molecule is CN(Cc1cccs1)c1cc(F)cc(CO)c1. The Balaban J connectivity index is 2.18. The summed E-state index contributed by atoms with van der Waals surface area (Å²) in [5.41, 5.74) is 1.38. The van der Waals surface area contributed by atoms with Crippen LogP contribution < -0.4 is 4.90 Å². The van der Waals surface area contributed by atoms with Gasteiger partial charge in [-0.2, -0.15) is 0 Å². The van der Waals surface area contributed by atoms with Gasteiger partial charge in [0.2, 0.25) is 0 Å². The summed E-state index contributed by atoms with van der Waals surface area (Å²) in [6.45, 7) is 0.601. The molecule has 0 spiro atoms. The van der Waals surface area contributed by atoms with Gasteiger partial charge in [0.05, 0.1) is 13.2 Å². The van der Waals surface area contributed by atoms with Gasteiger partial charge in [-0.25, -0.2) is 4.39 Å². The molecule has 0 fully saturated rings. The maximum atomic E-state index is 13.3. The summed E-state index contributed by atoms with van der Waals surface area (Å²) >= 11 is 1.68. The highest BCUT2D eigenvalue weighted by atomic mass is 32.1. The summed E-state index contributed by atoms with van der Waals surface area (Å²) in [5, 5.41) is 11.1. The molecule has 0 bridgehead atoms. The molecule has 0 aliphatic rings. The fourth-order valence-electron chi connectivity index (χ4n) is 1.67. The van der Waals surface area contributed by atoms with Gasteiger partial charge in [0.15, 0.2) is 0 Å². The van der Waals surface area contributed by atoms with Crippen molar-refractivity contribution in [1.29, 1.82) is 0 Å². The number of nitrogens with zero attached hydrogens (tertiary/aromatic N) is 1. The van der Waals surface area contributed by atoms with Crippen molar-refractivity contribution in [2.24, 2.45) is 0 Å². The number of halogens is 1. The van der Waals surface area contributed by atoms with Gasteiger partial charge in [0, 0.05) is 17.6 Å². The first-order valence-corrected chi connectivity index (χ1v) is 6.21. The predicted molar refractivity (Wildman–Crippen MR) is 68.7 cm³/mol. The van der Waals surface area contributed by atoms with Crippen LogP contribution in [0.5, 0.6) is 0 Å². The van der Waals surface area contributed by atoms with E-state index in [4.69, 9.17) is 5.11 Å². The summed E-state index contributed by atoms with van der Waals surface area (Å²) in [7, 11) is 1.91. The molecule has 0 aliphatic carbocycles. The van der Waals surface area contributed by atoms with Crippen molar-refractivity contribution in [3.8, 4) is 0 Å². The second-order valence-electron chi connectivity index (χ2n) is 3.91. The van der Waals surface area contributed by atoms with Crippen LogP contribution in [0.3, 0.4) is 0 Å². The Bertz CT molecular complexity index is 484. The van der Waals surface area contributed by atoms with Crippen molar-refractivity contribution in [3.05, 3.63) is 52.0 Å². The molecule has 2 nitrogen and oxygen atoms in total. The van der Waals surface area contributed by atoms with Crippen molar-refractivity contribution >= 4 is 17.0 Å². The van der Waals surface area contributed by atoms with E-state index < -0.39 is 0 Å². The van der Waals surface area contributed by atoms with Crippen molar-refractivity contribution in [2.45, 2.75) is 13.2 Å². The molecule has 1 aromatic heterocycles. The van der Waals surface area contributed by atoms with Crippen LogP contribution in [0.25, 0.3) is 0 Å². The number of aliphatic hydroxyl groups is 1. The van der Waals surface area contributed by atoms with E-state index in [1.807, 2.05) is 29.5 Å². The van der Waals surface area contributed by atoms with Crippen LogP contribution in [-0.4, -0.2) is 12.2 Å². The van der Waals surface area contributed by atoms with Crippen LogP contribution in [0, 0.1) is 5.82 Å². The third kappa shape index (κ3) is 3.05. The van der Waals surface area contributed by atoms with E-state index in [1.54, 1.807) is 17.4 Å². The van der Waals surface area contributed by atoms with E-state index in [0.717, 1.165) is 12.2 Å². The summed E-state index contributed by atoms with van der Waals surface area (Å²) < 4.78 is 13.3. The molecular weight excluding hydrogens is 237 g/mol. The Morgan fingerprint density at radius 3 is 2.82 bits per heavy atom. The van der Waals surface area contributed by atoms with Gasteiger partial charge in [0.25, 0.3) is 0 Å². The van der Waals surface area contributed by atoms with Gasteiger partial charge in [-0.05, 0) is 35.2 Å². The fraction of sp³-hybridized carbons (Fsp3) is 0.231. The number of rotatable bonds is 4. The van der Waals surface area contributed by atoms with Gasteiger partial charge < -0.3 is 10.0 Å². The highest BCUT2D eigenvalue weighted by Crippen LogP contribution is 2.21. The minimum absolute atomic E-state index is 0.141. The first-order valence-electron chi connectivity index (χ1n) is 5.33. The second kappa shape index (κ2) is 5.29. The summed E-state index contributed by atoms with van der Waals surface area (Å²) in [5.74, 6) is -0.315. The zero-order chi connectivity index (χ0) is 12.3. The Morgan fingerprint density at radius 2 is 2.18 bits per heavy atom. The zero-order valence-electron chi connectivity index (χ0n) is 9.56. The van der Waals surface area contributed by atoms with Crippen molar-refractivity contribution in [1.82, 2.24) is 0 Å². The first-order chi connectivity index (χ1) is 8.19. The lowest BCUT2D eigenvalue weighted by atomic mass is 10.2. The van der Waals surface area contributed by atoms with E-state index in [2.05, 4.69) is 0 Å². The van der Waals surface area contributed by atoms with Crippen LogP contribution in [0.15, 0.2) is 35.7 Å². The number of aliphatic hydroxyl groups excluding tert-OH is 1. The minimum Gasteiger partial charge on any atom is -0.392 e. The summed E-state index contributed by atoms with van der Waals surface area (Å²) in [6, 6.07) is 8.68. The molecule has 0 aliphatic heterocycles. The third-order valence-corrected chi connectivity index (χ3v) is 3.40.